The summed E-state index contributed by atoms with van der Waals surface area (Å²) in [6.07, 6.45) is 7.05. The van der Waals surface area contributed by atoms with Crippen LogP contribution in [0.25, 0.3) is 10.9 Å². The van der Waals surface area contributed by atoms with Crippen LogP contribution in [0.1, 0.15) is 57.2 Å². The van der Waals surface area contributed by atoms with Crippen LogP contribution >= 0.6 is 11.8 Å². The van der Waals surface area contributed by atoms with Gasteiger partial charge in [0.25, 0.3) is 5.91 Å². The van der Waals surface area contributed by atoms with Crippen LogP contribution in [-0.2, 0) is 26.3 Å². The number of ether oxygens (including phenoxy) is 1. The Kier molecular flexibility index (Phi) is 7.54. The fourth-order valence-corrected chi connectivity index (χ4v) is 6.67. The van der Waals surface area contributed by atoms with E-state index in [9.17, 15) is 19.2 Å². The van der Waals surface area contributed by atoms with Gasteiger partial charge in [0.15, 0.2) is 5.54 Å². The number of nitrogens with one attached hydrogen (secondary N) is 3. The number of nitrogens with zero attached hydrogens (tertiary/aromatic N) is 2. The van der Waals surface area contributed by atoms with E-state index in [4.69, 9.17) is 4.74 Å². The van der Waals surface area contributed by atoms with E-state index in [-0.39, 0.29) is 11.9 Å². The van der Waals surface area contributed by atoms with Crippen molar-refractivity contribution in [3.63, 3.8) is 0 Å². The zero-order valence-electron chi connectivity index (χ0n) is 23.0. The Morgan fingerprint density at radius 1 is 1.23 bits per heavy atom. The number of thioether (sulfide) groups is 1. The molecule has 39 heavy (non-hydrogen) atoms. The highest BCUT2D eigenvalue weighted by molar-refractivity contribution is 7.98. The lowest BCUT2D eigenvalue weighted by atomic mass is 9.87. The molecule has 210 valence electrons. The van der Waals surface area contributed by atoms with Crippen LogP contribution < -0.4 is 15.4 Å². The third-order valence-electron chi connectivity index (χ3n) is 8.51. The molecular formula is C28H37N5O5S. The molecule has 3 aliphatic rings. The second-order valence-electron chi connectivity index (χ2n) is 10.8. The molecule has 2 fully saturated rings. The molecule has 5 rings (SSSR count). The largest absolute Gasteiger partial charge is 0.497 e. The number of aromatic amines is 1. The number of rotatable bonds is 9. The monoisotopic (exact) mass is 555 g/mol. The number of imide groups is 1. The Bertz CT molecular complexity index is 1300. The van der Waals surface area contributed by atoms with Crippen molar-refractivity contribution < 1.29 is 23.9 Å². The molecule has 3 N–H and O–H groups in total. The van der Waals surface area contributed by atoms with Gasteiger partial charge >= 0.3 is 6.03 Å². The average molecular weight is 556 g/mol. The van der Waals surface area contributed by atoms with Crippen LogP contribution in [0.2, 0.25) is 0 Å². The van der Waals surface area contributed by atoms with Gasteiger partial charge in [-0.05, 0) is 75.3 Å². The van der Waals surface area contributed by atoms with Gasteiger partial charge in [-0.15, -0.1) is 0 Å². The summed E-state index contributed by atoms with van der Waals surface area (Å²) in [6.45, 7) is 3.63. The topological polar surface area (TPSA) is 124 Å². The van der Waals surface area contributed by atoms with E-state index < -0.39 is 35.5 Å². The van der Waals surface area contributed by atoms with E-state index >= 15 is 0 Å². The van der Waals surface area contributed by atoms with Crippen molar-refractivity contribution in [2.45, 2.75) is 76.0 Å². The summed E-state index contributed by atoms with van der Waals surface area (Å²) in [5.74, 6) is 0.225. The van der Waals surface area contributed by atoms with Crippen LogP contribution in [0, 0.1) is 0 Å². The third kappa shape index (κ3) is 4.64. The molecule has 10 nitrogen and oxygen atoms in total. The van der Waals surface area contributed by atoms with Crippen molar-refractivity contribution in [1.82, 2.24) is 25.4 Å². The minimum Gasteiger partial charge on any atom is -0.497 e. The molecule has 2 aliphatic heterocycles. The predicted molar refractivity (Wildman–Crippen MR) is 150 cm³/mol. The molecule has 1 saturated heterocycles. The van der Waals surface area contributed by atoms with Crippen molar-refractivity contribution in [1.29, 1.82) is 0 Å². The van der Waals surface area contributed by atoms with E-state index in [1.165, 1.54) is 0 Å². The number of benzene rings is 1. The minimum absolute atomic E-state index is 0.131. The number of amides is 5. The van der Waals surface area contributed by atoms with E-state index in [1.807, 2.05) is 24.5 Å². The maximum absolute atomic E-state index is 14.0. The first kappa shape index (κ1) is 27.4. The molecule has 3 unspecified atom stereocenters. The van der Waals surface area contributed by atoms with E-state index in [0.29, 0.717) is 36.6 Å². The molecule has 1 aromatic carbocycles. The van der Waals surface area contributed by atoms with Gasteiger partial charge < -0.3 is 25.3 Å². The first-order valence-corrected chi connectivity index (χ1v) is 15.0. The maximum Gasteiger partial charge on any atom is 0.328 e. The Labute approximate surface area is 232 Å². The first-order chi connectivity index (χ1) is 18.7. The molecule has 1 aromatic heterocycles. The standard InChI is InChI=1S/C28H37N5O5S/c1-16(24(34)31-22(12-14-39-4)25(35)29-17-7-5-6-8-17)33-26(36)28(2)23-19(11-13-32(28)27(33)37)20-15-18(38-3)9-10-21(20)30-23/h9-10,15-17,22,30H,5-8,11-14H2,1-4H3,(H,29,35)(H,31,34). The number of fused-ring (bicyclic) bond motifs is 5. The predicted octanol–water partition coefficient (Wildman–Crippen LogP) is 2.90. The number of H-pyrrole nitrogens is 1. The van der Waals surface area contributed by atoms with Gasteiger partial charge in [0.2, 0.25) is 11.8 Å². The van der Waals surface area contributed by atoms with Crippen molar-refractivity contribution in [2.75, 3.05) is 25.7 Å². The highest BCUT2D eigenvalue weighted by Crippen LogP contribution is 2.45. The van der Waals surface area contributed by atoms with Gasteiger partial charge in [-0.1, -0.05) is 12.8 Å². The van der Waals surface area contributed by atoms with Gasteiger partial charge in [-0.25, -0.2) is 9.69 Å². The van der Waals surface area contributed by atoms with E-state index in [2.05, 4.69) is 15.6 Å². The summed E-state index contributed by atoms with van der Waals surface area (Å²) in [5, 5.41) is 6.86. The first-order valence-electron chi connectivity index (χ1n) is 13.6. The summed E-state index contributed by atoms with van der Waals surface area (Å²) in [5.41, 5.74) is 1.24. The van der Waals surface area contributed by atoms with Crippen molar-refractivity contribution in [3.8, 4) is 5.75 Å². The number of aromatic nitrogens is 1. The zero-order valence-corrected chi connectivity index (χ0v) is 23.8. The van der Waals surface area contributed by atoms with Gasteiger partial charge in [0.1, 0.15) is 17.8 Å². The van der Waals surface area contributed by atoms with Crippen molar-refractivity contribution >= 4 is 46.4 Å². The number of methoxy groups -OCH3 is 1. The Hall–Kier alpha value is -3.21. The zero-order chi connectivity index (χ0) is 27.9. The smallest absolute Gasteiger partial charge is 0.328 e. The lowest BCUT2D eigenvalue weighted by Crippen LogP contribution is -2.55. The molecule has 0 bridgehead atoms. The van der Waals surface area contributed by atoms with Crippen LogP contribution in [0.4, 0.5) is 4.79 Å². The molecule has 0 radical (unpaired) electrons. The molecule has 3 heterocycles. The van der Waals surface area contributed by atoms with E-state index in [0.717, 1.165) is 47.0 Å². The number of carbonyl (C=O) groups excluding carboxylic acids is 4. The summed E-state index contributed by atoms with van der Waals surface area (Å²) in [4.78, 5) is 60.0. The van der Waals surface area contributed by atoms with Crippen molar-refractivity contribution in [2.24, 2.45) is 0 Å². The minimum atomic E-state index is -1.26. The molecule has 3 atom stereocenters. The number of hydrogen-bond donors (Lipinski definition) is 3. The Balaban J connectivity index is 1.37. The Morgan fingerprint density at radius 3 is 2.67 bits per heavy atom. The lowest BCUT2D eigenvalue weighted by molar-refractivity contribution is -0.140. The third-order valence-corrected chi connectivity index (χ3v) is 9.15. The van der Waals surface area contributed by atoms with Crippen LogP contribution in [0.5, 0.6) is 5.75 Å². The summed E-state index contributed by atoms with van der Waals surface area (Å²) in [6, 6.07) is 3.52. The van der Waals surface area contributed by atoms with Gasteiger partial charge in [-0.2, -0.15) is 11.8 Å². The maximum atomic E-state index is 14.0. The van der Waals surface area contributed by atoms with Crippen LogP contribution in [0.15, 0.2) is 18.2 Å². The SMILES string of the molecule is COc1ccc2[nH]c3c(c2c1)CCN1C(=O)N(C(C)C(=O)NC(CCSC)C(=O)NC2CCCC2)C(=O)C31C. The second kappa shape index (κ2) is 10.7. The molecule has 1 saturated carbocycles. The number of carbonyl (C=O) groups is 4. The molecule has 1 aliphatic carbocycles. The fraction of sp³-hybridized carbons (Fsp3) is 0.571. The average Bonchev–Trinajstić information content (AvgIpc) is 3.62. The van der Waals surface area contributed by atoms with E-state index in [1.54, 1.807) is 37.6 Å². The quantitative estimate of drug-likeness (QED) is 0.409. The molecular weight excluding hydrogens is 518 g/mol. The second-order valence-corrected chi connectivity index (χ2v) is 11.8. The highest BCUT2D eigenvalue weighted by atomic mass is 32.2. The van der Waals surface area contributed by atoms with Gasteiger partial charge in [0.05, 0.1) is 12.8 Å². The summed E-state index contributed by atoms with van der Waals surface area (Å²) >= 11 is 1.59. The lowest BCUT2D eigenvalue weighted by Gasteiger charge is -2.36. The van der Waals surface area contributed by atoms with Gasteiger partial charge in [0, 0.05) is 23.5 Å². The van der Waals surface area contributed by atoms with Crippen LogP contribution in [-0.4, -0.2) is 82.3 Å². The summed E-state index contributed by atoms with van der Waals surface area (Å²) in [7, 11) is 1.61. The van der Waals surface area contributed by atoms with Crippen molar-refractivity contribution in [3.05, 3.63) is 29.5 Å². The van der Waals surface area contributed by atoms with Crippen LogP contribution in [0.3, 0.4) is 0 Å². The normalized spacial score (nSPS) is 22.6. The number of urea groups is 1. The molecule has 2 aromatic rings. The fourth-order valence-electron chi connectivity index (χ4n) is 6.20. The summed E-state index contributed by atoms with van der Waals surface area (Å²) < 4.78 is 5.39. The number of hydrogen-bond acceptors (Lipinski definition) is 6. The highest BCUT2D eigenvalue weighted by Gasteiger charge is 2.60. The molecule has 5 amide bonds. The molecule has 11 heteroatoms. The Morgan fingerprint density at radius 2 is 1.97 bits per heavy atom. The van der Waals surface area contributed by atoms with Gasteiger partial charge in [-0.3, -0.25) is 14.4 Å². The molecule has 0 spiro atoms.